The first-order valence-electron chi connectivity index (χ1n) is 12.0. The number of hydrogen-bond acceptors (Lipinski definition) is 8. The lowest BCUT2D eigenvalue weighted by molar-refractivity contribution is 0.0712. The highest BCUT2D eigenvalue weighted by atomic mass is 35.5. The smallest absolute Gasteiger partial charge is 0.243 e. The SMILES string of the molecule is O=S(=O)(c1ccc(F)c(Cl)c1)N1CCN(c2ccc(N3CCN(CC4CCCO4)CC3)nn2)CC1. The number of rotatable bonds is 6. The molecule has 0 aliphatic carbocycles. The van der Waals surface area contributed by atoms with Gasteiger partial charge in [-0.2, -0.15) is 4.31 Å². The summed E-state index contributed by atoms with van der Waals surface area (Å²) in [5.41, 5.74) is 0. The minimum atomic E-state index is -3.74. The van der Waals surface area contributed by atoms with Crippen LogP contribution in [-0.4, -0.2) is 99.4 Å². The average Bonchev–Trinajstić information content (AvgIpc) is 3.39. The largest absolute Gasteiger partial charge is 0.377 e. The molecule has 3 aliphatic rings. The molecule has 1 aromatic carbocycles. The molecule has 0 radical (unpaired) electrons. The highest BCUT2D eigenvalue weighted by Crippen LogP contribution is 2.25. The van der Waals surface area contributed by atoms with Gasteiger partial charge in [-0.05, 0) is 43.2 Å². The zero-order chi connectivity index (χ0) is 24.4. The van der Waals surface area contributed by atoms with Gasteiger partial charge >= 0.3 is 0 Å². The summed E-state index contributed by atoms with van der Waals surface area (Å²) < 4.78 is 46.4. The zero-order valence-electron chi connectivity index (χ0n) is 19.5. The summed E-state index contributed by atoms with van der Waals surface area (Å²) in [7, 11) is -3.74. The molecular formula is C23H30ClFN6O3S. The van der Waals surface area contributed by atoms with Crippen LogP contribution in [0.1, 0.15) is 12.8 Å². The fourth-order valence-electron chi connectivity index (χ4n) is 4.84. The number of nitrogens with zero attached hydrogens (tertiary/aromatic N) is 6. The maximum absolute atomic E-state index is 13.4. The Morgan fingerprint density at radius 2 is 1.57 bits per heavy atom. The predicted molar refractivity (Wildman–Crippen MR) is 132 cm³/mol. The molecule has 0 amide bonds. The van der Waals surface area contributed by atoms with Crippen LogP contribution in [0.15, 0.2) is 35.2 Å². The van der Waals surface area contributed by atoms with Gasteiger partial charge in [0, 0.05) is 65.5 Å². The number of anilines is 2. The standard InChI is InChI=1S/C23H30ClFN6O3S/c24-20-16-19(3-4-21(20)25)35(32,33)31-13-11-30(12-14-31)23-6-5-22(26-27-23)29-9-7-28(8-10-29)17-18-2-1-15-34-18/h3-6,16,18H,1-2,7-15,17H2. The monoisotopic (exact) mass is 524 g/mol. The zero-order valence-corrected chi connectivity index (χ0v) is 21.1. The fourth-order valence-corrected chi connectivity index (χ4v) is 6.53. The van der Waals surface area contributed by atoms with E-state index in [1.807, 2.05) is 17.0 Å². The number of sulfonamides is 1. The maximum Gasteiger partial charge on any atom is 0.243 e. The average molecular weight is 525 g/mol. The number of piperazine rings is 2. The van der Waals surface area contributed by atoms with E-state index in [2.05, 4.69) is 20.0 Å². The fraction of sp³-hybridized carbons (Fsp3) is 0.565. The number of ether oxygens (including phenoxy) is 1. The van der Waals surface area contributed by atoms with Crippen LogP contribution in [-0.2, 0) is 14.8 Å². The molecule has 9 nitrogen and oxygen atoms in total. The van der Waals surface area contributed by atoms with Crippen molar-refractivity contribution in [3.8, 4) is 0 Å². The van der Waals surface area contributed by atoms with Crippen LogP contribution in [0.25, 0.3) is 0 Å². The first-order chi connectivity index (χ1) is 16.9. The van der Waals surface area contributed by atoms with Gasteiger partial charge in [0.15, 0.2) is 11.6 Å². The van der Waals surface area contributed by atoms with Crippen molar-refractivity contribution in [3.05, 3.63) is 41.2 Å². The number of halogens is 2. The molecule has 3 saturated heterocycles. The van der Waals surface area contributed by atoms with E-state index in [4.69, 9.17) is 16.3 Å². The topological polar surface area (TPSA) is 82.1 Å². The summed E-state index contributed by atoms with van der Waals surface area (Å²) >= 11 is 5.78. The summed E-state index contributed by atoms with van der Waals surface area (Å²) in [5.74, 6) is 0.950. The van der Waals surface area contributed by atoms with Gasteiger partial charge in [0.25, 0.3) is 0 Å². The van der Waals surface area contributed by atoms with Crippen LogP contribution in [0.3, 0.4) is 0 Å². The van der Waals surface area contributed by atoms with Crippen LogP contribution in [0.5, 0.6) is 0 Å². The van der Waals surface area contributed by atoms with E-state index in [1.165, 1.54) is 16.8 Å². The predicted octanol–water partition coefficient (Wildman–Crippen LogP) is 2.08. The van der Waals surface area contributed by atoms with E-state index in [9.17, 15) is 12.8 Å². The van der Waals surface area contributed by atoms with Crippen molar-refractivity contribution in [2.24, 2.45) is 0 Å². The quantitative estimate of drug-likeness (QED) is 0.568. The molecule has 4 heterocycles. The first kappa shape index (κ1) is 24.6. The molecule has 1 unspecified atom stereocenters. The van der Waals surface area contributed by atoms with E-state index in [-0.39, 0.29) is 9.92 Å². The van der Waals surface area contributed by atoms with Crippen molar-refractivity contribution in [2.45, 2.75) is 23.8 Å². The molecule has 1 aromatic heterocycles. The van der Waals surface area contributed by atoms with Crippen molar-refractivity contribution in [1.82, 2.24) is 19.4 Å². The van der Waals surface area contributed by atoms with Gasteiger partial charge in [-0.25, -0.2) is 12.8 Å². The Morgan fingerprint density at radius 1 is 0.943 bits per heavy atom. The van der Waals surface area contributed by atoms with E-state index >= 15 is 0 Å². The lowest BCUT2D eigenvalue weighted by atomic mass is 10.2. The van der Waals surface area contributed by atoms with Gasteiger partial charge in [-0.15, -0.1) is 10.2 Å². The van der Waals surface area contributed by atoms with E-state index in [1.54, 1.807) is 0 Å². The molecule has 0 saturated carbocycles. The molecule has 3 aliphatic heterocycles. The first-order valence-corrected chi connectivity index (χ1v) is 13.8. The molecule has 1 atom stereocenters. The second kappa shape index (κ2) is 10.5. The number of benzene rings is 1. The van der Waals surface area contributed by atoms with Crippen LogP contribution in [0.2, 0.25) is 5.02 Å². The molecule has 2 aromatic rings. The van der Waals surface area contributed by atoms with Gasteiger partial charge < -0.3 is 14.5 Å². The summed E-state index contributed by atoms with van der Waals surface area (Å²) in [6.07, 6.45) is 2.71. The third-order valence-corrected chi connectivity index (χ3v) is 9.09. The molecule has 0 N–H and O–H groups in total. The van der Waals surface area contributed by atoms with Gasteiger partial charge in [0.2, 0.25) is 10.0 Å². The Hall–Kier alpha value is -2.05. The van der Waals surface area contributed by atoms with Crippen molar-refractivity contribution in [3.63, 3.8) is 0 Å². The number of hydrogen-bond donors (Lipinski definition) is 0. The van der Waals surface area contributed by atoms with Crippen LogP contribution < -0.4 is 9.80 Å². The summed E-state index contributed by atoms with van der Waals surface area (Å²) in [4.78, 5) is 6.74. The van der Waals surface area contributed by atoms with Crippen molar-refractivity contribution < 1.29 is 17.5 Å². The second-order valence-corrected chi connectivity index (χ2v) is 11.5. The highest BCUT2D eigenvalue weighted by Gasteiger charge is 2.30. The molecule has 0 spiro atoms. The highest BCUT2D eigenvalue weighted by molar-refractivity contribution is 7.89. The Bertz CT molecular complexity index is 1120. The summed E-state index contributed by atoms with van der Waals surface area (Å²) in [6, 6.07) is 7.42. The minimum Gasteiger partial charge on any atom is -0.377 e. The lowest BCUT2D eigenvalue weighted by Crippen LogP contribution is -2.49. The van der Waals surface area contributed by atoms with Crippen molar-refractivity contribution in [1.29, 1.82) is 0 Å². The third-order valence-electron chi connectivity index (χ3n) is 6.91. The molecule has 35 heavy (non-hydrogen) atoms. The molecule has 3 fully saturated rings. The number of aromatic nitrogens is 2. The van der Waals surface area contributed by atoms with Gasteiger partial charge in [0.05, 0.1) is 16.0 Å². The van der Waals surface area contributed by atoms with Gasteiger partial charge in [-0.3, -0.25) is 4.90 Å². The van der Waals surface area contributed by atoms with Crippen LogP contribution >= 0.6 is 11.6 Å². The van der Waals surface area contributed by atoms with Crippen molar-refractivity contribution >= 4 is 33.3 Å². The third kappa shape index (κ3) is 5.54. The van der Waals surface area contributed by atoms with Gasteiger partial charge in [-0.1, -0.05) is 11.6 Å². The molecule has 190 valence electrons. The van der Waals surface area contributed by atoms with E-state index in [0.29, 0.717) is 32.3 Å². The summed E-state index contributed by atoms with van der Waals surface area (Å²) in [5, 5.41) is 8.66. The molecular weight excluding hydrogens is 495 g/mol. The Kier molecular flexibility index (Phi) is 7.40. The summed E-state index contributed by atoms with van der Waals surface area (Å²) in [6.45, 7) is 7.26. The van der Waals surface area contributed by atoms with E-state index < -0.39 is 15.8 Å². The maximum atomic E-state index is 13.4. The van der Waals surface area contributed by atoms with Crippen LogP contribution in [0, 0.1) is 5.82 Å². The van der Waals surface area contributed by atoms with Gasteiger partial charge in [0.1, 0.15) is 5.82 Å². The van der Waals surface area contributed by atoms with E-state index in [0.717, 1.165) is 69.5 Å². The molecule has 0 bridgehead atoms. The lowest BCUT2D eigenvalue weighted by Gasteiger charge is -2.36. The Morgan fingerprint density at radius 3 is 2.11 bits per heavy atom. The molecule has 5 rings (SSSR count). The van der Waals surface area contributed by atoms with Crippen LogP contribution in [0.4, 0.5) is 16.0 Å². The normalized spacial score (nSPS) is 22.6. The Labute approximate surface area is 210 Å². The molecule has 12 heteroatoms. The second-order valence-electron chi connectivity index (χ2n) is 9.14. The Balaban J connectivity index is 1.13. The van der Waals surface area contributed by atoms with Crippen molar-refractivity contribution in [2.75, 3.05) is 75.3 Å². The minimum absolute atomic E-state index is 0.00244.